The van der Waals surface area contributed by atoms with E-state index in [1.54, 1.807) is 0 Å². The lowest BCUT2D eigenvalue weighted by molar-refractivity contribution is 0.282. The summed E-state index contributed by atoms with van der Waals surface area (Å²) >= 11 is 6.06. The smallest absolute Gasteiger partial charge is 0.0696 e. The third-order valence-electron chi connectivity index (χ3n) is 2.93. The second kappa shape index (κ2) is 4.86. The van der Waals surface area contributed by atoms with Gasteiger partial charge in [-0.2, -0.15) is 0 Å². The average molecular weight is 226 g/mol. The number of aliphatic hydroxyl groups excluding tert-OH is 1. The van der Waals surface area contributed by atoms with Crippen LogP contribution in [0, 0.1) is 0 Å². The van der Waals surface area contributed by atoms with E-state index in [0.29, 0.717) is 5.02 Å². The van der Waals surface area contributed by atoms with Gasteiger partial charge in [-0.3, -0.25) is 0 Å². The van der Waals surface area contributed by atoms with Crippen LogP contribution in [0.3, 0.4) is 0 Å². The lowest BCUT2D eigenvalue weighted by atomic mass is 10.1. The Bertz CT molecular complexity index is 334. The molecule has 0 amide bonds. The summed E-state index contributed by atoms with van der Waals surface area (Å²) in [5.41, 5.74) is 1.98. The van der Waals surface area contributed by atoms with E-state index in [1.807, 2.05) is 18.2 Å². The quantitative estimate of drug-likeness (QED) is 0.837. The van der Waals surface area contributed by atoms with E-state index in [-0.39, 0.29) is 6.61 Å². The topological polar surface area (TPSA) is 23.5 Å². The van der Waals surface area contributed by atoms with Gasteiger partial charge < -0.3 is 10.0 Å². The molecule has 0 atom stereocenters. The van der Waals surface area contributed by atoms with E-state index < -0.39 is 0 Å². The van der Waals surface area contributed by atoms with Gasteiger partial charge in [-0.25, -0.2) is 0 Å². The van der Waals surface area contributed by atoms with Crippen molar-refractivity contribution in [1.82, 2.24) is 0 Å². The summed E-state index contributed by atoms with van der Waals surface area (Å²) < 4.78 is 0. The summed E-state index contributed by atoms with van der Waals surface area (Å²) in [6.45, 7) is 2.25. The number of hydrogen-bond acceptors (Lipinski definition) is 2. The highest BCUT2D eigenvalue weighted by molar-refractivity contribution is 6.31. The summed E-state index contributed by atoms with van der Waals surface area (Å²) in [4.78, 5) is 2.36. The molecule has 1 N–H and O–H groups in total. The molecule has 1 aliphatic heterocycles. The maximum absolute atomic E-state index is 9.02. The van der Waals surface area contributed by atoms with Crippen molar-refractivity contribution >= 4 is 17.3 Å². The Morgan fingerprint density at radius 3 is 2.53 bits per heavy atom. The lowest BCUT2D eigenvalue weighted by Crippen LogP contribution is -2.29. The van der Waals surface area contributed by atoms with Gasteiger partial charge in [-0.05, 0) is 37.0 Å². The molecule has 0 saturated carbocycles. The maximum Gasteiger partial charge on any atom is 0.0696 e. The molecule has 1 heterocycles. The van der Waals surface area contributed by atoms with Crippen LogP contribution in [0.5, 0.6) is 0 Å². The second-order valence-electron chi connectivity index (χ2n) is 3.98. The number of nitrogens with zero attached hydrogens (tertiary/aromatic N) is 1. The van der Waals surface area contributed by atoms with Crippen molar-refractivity contribution in [2.75, 3.05) is 18.0 Å². The highest BCUT2D eigenvalue weighted by Crippen LogP contribution is 2.25. The summed E-state index contributed by atoms with van der Waals surface area (Å²) in [7, 11) is 0. The molecule has 82 valence electrons. The van der Waals surface area contributed by atoms with Crippen molar-refractivity contribution in [2.45, 2.75) is 25.9 Å². The Hall–Kier alpha value is -0.730. The highest BCUT2D eigenvalue weighted by atomic mass is 35.5. The van der Waals surface area contributed by atoms with Gasteiger partial charge in [-0.1, -0.05) is 17.7 Å². The summed E-state index contributed by atoms with van der Waals surface area (Å²) in [5.74, 6) is 0. The second-order valence-corrected chi connectivity index (χ2v) is 4.39. The molecule has 1 aromatic rings. The van der Waals surface area contributed by atoms with Crippen molar-refractivity contribution in [3.63, 3.8) is 0 Å². The van der Waals surface area contributed by atoms with E-state index >= 15 is 0 Å². The molecule has 0 radical (unpaired) electrons. The van der Waals surface area contributed by atoms with Crippen LogP contribution in [0.25, 0.3) is 0 Å². The minimum absolute atomic E-state index is 0.0130. The zero-order valence-electron chi connectivity index (χ0n) is 8.75. The number of anilines is 1. The van der Waals surface area contributed by atoms with Gasteiger partial charge in [0.25, 0.3) is 0 Å². The SMILES string of the molecule is OCc1ccc(N2CCCCC2)cc1Cl. The molecule has 0 aromatic heterocycles. The molecule has 2 rings (SSSR count). The minimum atomic E-state index is 0.0130. The molecule has 1 aromatic carbocycles. The fraction of sp³-hybridized carbons (Fsp3) is 0.500. The fourth-order valence-electron chi connectivity index (χ4n) is 2.01. The largest absolute Gasteiger partial charge is 0.392 e. The first kappa shape index (κ1) is 10.8. The number of piperidine rings is 1. The van der Waals surface area contributed by atoms with Crippen LogP contribution in [0.4, 0.5) is 5.69 Å². The van der Waals surface area contributed by atoms with Crippen LogP contribution in [0.15, 0.2) is 18.2 Å². The van der Waals surface area contributed by atoms with Crippen LogP contribution < -0.4 is 4.90 Å². The van der Waals surface area contributed by atoms with Crippen LogP contribution in [0.2, 0.25) is 5.02 Å². The molecular formula is C12H16ClNO. The van der Waals surface area contributed by atoms with Crippen molar-refractivity contribution < 1.29 is 5.11 Å². The molecular weight excluding hydrogens is 210 g/mol. The lowest BCUT2D eigenvalue weighted by Gasteiger charge is -2.29. The first-order valence-electron chi connectivity index (χ1n) is 5.45. The zero-order chi connectivity index (χ0) is 10.7. The maximum atomic E-state index is 9.02. The monoisotopic (exact) mass is 225 g/mol. The third kappa shape index (κ3) is 2.44. The van der Waals surface area contributed by atoms with E-state index in [9.17, 15) is 0 Å². The number of hydrogen-bond donors (Lipinski definition) is 1. The standard InChI is InChI=1S/C12H16ClNO/c13-12-8-11(5-4-10(12)9-15)14-6-2-1-3-7-14/h4-5,8,15H,1-3,6-7,9H2. The molecule has 0 spiro atoms. The summed E-state index contributed by atoms with van der Waals surface area (Å²) in [5, 5.41) is 9.69. The van der Waals surface area contributed by atoms with E-state index in [0.717, 1.165) is 18.7 Å². The number of rotatable bonds is 2. The first-order valence-corrected chi connectivity index (χ1v) is 5.83. The normalized spacial score (nSPS) is 16.8. The predicted molar refractivity (Wildman–Crippen MR) is 63.4 cm³/mol. The third-order valence-corrected chi connectivity index (χ3v) is 3.28. The van der Waals surface area contributed by atoms with Crippen LogP contribution in [0.1, 0.15) is 24.8 Å². The molecule has 3 heteroatoms. The Labute approximate surface area is 95.5 Å². The van der Waals surface area contributed by atoms with Crippen molar-refractivity contribution in [3.05, 3.63) is 28.8 Å². The van der Waals surface area contributed by atoms with Gasteiger partial charge in [0.2, 0.25) is 0 Å². The molecule has 2 nitrogen and oxygen atoms in total. The van der Waals surface area contributed by atoms with Crippen LogP contribution in [-0.2, 0) is 6.61 Å². The Balaban J connectivity index is 2.17. The molecule has 15 heavy (non-hydrogen) atoms. The number of halogens is 1. The average Bonchev–Trinajstić information content (AvgIpc) is 2.30. The van der Waals surface area contributed by atoms with Gasteiger partial charge in [-0.15, -0.1) is 0 Å². The molecule has 0 bridgehead atoms. The number of benzene rings is 1. The van der Waals surface area contributed by atoms with Gasteiger partial charge >= 0.3 is 0 Å². The van der Waals surface area contributed by atoms with E-state index in [4.69, 9.17) is 16.7 Å². The van der Waals surface area contributed by atoms with Gasteiger partial charge in [0, 0.05) is 23.8 Å². The van der Waals surface area contributed by atoms with Crippen LogP contribution in [-0.4, -0.2) is 18.2 Å². The molecule has 1 aliphatic rings. The van der Waals surface area contributed by atoms with Crippen molar-refractivity contribution in [3.8, 4) is 0 Å². The minimum Gasteiger partial charge on any atom is -0.392 e. The first-order chi connectivity index (χ1) is 7.31. The fourth-order valence-corrected chi connectivity index (χ4v) is 2.25. The number of aliphatic hydroxyl groups is 1. The van der Waals surface area contributed by atoms with Crippen molar-refractivity contribution in [2.24, 2.45) is 0 Å². The molecule has 1 saturated heterocycles. The summed E-state index contributed by atoms with van der Waals surface area (Å²) in [6.07, 6.45) is 3.86. The Morgan fingerprint density at radius 2 is 1.93 bits per heavy atom. The van der Waals surface area contributed by atoms with Crippen molar-refractivity contribution in [1.29, 1.82) is 0 Å². The highest BCUT2D eigenvalue weighted by Gasteiger charge is 2.11. The zero-order valence-corrected chi connectivity index (χ0v) is 9.50. The van der Waals surface area contributed by atoms with Gasteiger partial charge in [0.05, 0.1) is 6.61 Å². The van der Waals surface area contributed by atoms with E-state index in [1.165, 1.54) is 24.9 Å². The van der Waals surface area contributed by atoms with Gasteiger partial charge in [0.1, 0.15) is 0 Å². The predicted octanol–water partition coefficient (Wildman–Crippen LogP) is 2.82. The Morgan fingerprint density at radius 1 is 1.20 bits per heavy atom. The molecule has 0 unspecified atom stereocenters. The molecule has 1 fully saturated rings. The molecule has 0 aliphatic carbocycles. The summed E-state index contributed by atoms with van der Waals surface area (Å²) in [6, 6.07) is 5.91. The van der Waals surface area contributed by atoms with Gasteiger partial charge in [0.15, 0.2) is 0 Å². The Kier molecular flexibility index (Phi) is 3.49. The van der Waals surface area contributed by atoms with Crippen LogP contribution >= 0.6 is 11.6 Å². The van der Waals surface area contributed by atoms with E-state index in [2.05, 4.69) is 4.90 Å².